The molecule has 0 amide bonds. The van der Waals surface area contributed by atoms with Gasteiger partial charge in [-0.3, -0.25) is 0 Å². The van der Waals surface area contributed by atoms with E-state index in [0.717, 1.165) is 18.8 Å². The molecule has 0 radical (unpaired) electrons. The van der Waals surface area contributed by atoms with Gasteiger partial charge in [0.2, 0.25) is 0 Å². The van der Waals surface area contributed by atoms with E-state index in [1.54, 1.807) is 0 Å². The summed E-state index contributed by atoms with van der Waals surface area (Å²) in [6, 6.07) is 0.595. The maximum absolute atomic E-state index is 8.77. The molecule has 2 unspecified atom stereocenters. The average Bonchev–Trinajstić information content (AvgIpc) is 2.54. The van der Waals surface area contributed by atoms with Crippen LogP contribution in [0.2, 0.25) is 0 Å². The van der Waals surface area contributed by atoms with Crippen molar-refractivity contribution in [3.63, 3.8) is 0 Å². The quantitative estimate of drug-likeness (QED) is 0.648. The summed E-state index contributed by atoms with van der Waals surface area (Å²) in [5, 5.41) is 12.1. The first kappa shape index (κ1) is 11.0. The Morgan fingerprint density at radius 2 is 2.38 bits per heavy atom. The average molecular weight is 186 g/mol. The Labute approximate surface area is 81.1 Å². The Morgan fingerprint density at radius 3 is 2.85 bits per heavy atom. The normalized spacial score (nSPS) is 26.5. The predicted molar refractivity (Wildman–Crippen MR) is 54.8 cm³/mol. The van der Waals surface area contributed by atoms with Gasteiger partial charge in [0.25, 0.3) is 0 Å². The summed E-state index contributed by atoms with van der Waals surface area (Å²) in [4.78, 5) is 2.38. The van der Waals surface area contributed by atoms with Crippen molar-refractivity contribution in [3.8, 4) is 0 Å². The van der Waals surface area contributed by atoms with Crippen molar-refractivity contribution in [3.05, 3.63) is 0 Å². The van der Waals surface area contributed by atoms with Crippen molar-refractivity contribution in [2.75, 3.05) is 33.8 Å². The SMILES string of the molecule is CNC(CCCO)C1CCN(C)C1. The summed E-state index contributed by atoms with van der Waals surface area (Å²) in [6.07, 6.45) is 3.32. The number of aliphatic hydroxyl groups is 1. The van der Waals surface area contributed by atoms with Crippen LogP contribution in [0.15, 0.2) is 0 Å². The summed E-state index contributed by atoms with van der Waals surface area (Å²) in [5.41, 5.74) is 0. The highest BCUT2D eigenvalue weighted by molar-refractivity contribution is 4.82. The molecule has 0 aromatic rings. The molecule has 3 nitrogen and oxygen atoms in total. The fraction of sp³-hybridized carbons (Fsp3) is 1.00. The smallest absolute Gasteiger partial charge is 0.0431 e. The molecule has 0 aromatic heterocycles. The highest BCUT2D eigenvalue weighted by atomic mass is 16.2. The van der Waals surface area contributed by atoms with Gasteiger partial charge in [-0.2, -0.15) is 0 Å². The van der Waals surface area contributed by atoms with E-state index in [-0.39, 0.29) is 0 Å². The summed E-state index contributed by atoms with van der Waals surface area (Å²) < 4.78 is 0. The van der Waals surface area contributed by atoms with Crippen molar-refractivity contribution in [2.24, 2.45) is 5.92 Å². The molecule has 2 N–H and O–H groups in total. The lowest BCUT2D eigenvalue weighted by Crippen LogP contribution is -2.35. The van der Waals surface area contributed by atoms with E-state index < -0.39 is 0 Å². The third-order valence-electron chi connectivity index (χ3n) is 3.04. The first-order valence-electron chi connectivity index (χ1n) is 5.24. The van der Waals surface area contributed by atoms with Crippen LogP contribution in [0.5, 0.6) is 0 Å². The lowest BCUT2D eigenvalue weighted by atomic mass is 9.95. The van der Waals surface area contributed by atoms with Crippen LogP contribution >= 0.6 is 0 Å². The van der Waals surface area contributed by atoms with Crippen LogP contribution in [0.3, 0.4) is 0 Å². The maximum atomic E-state index is 8.77. The number of aliphatic hydroxyl groups excluding tert-OH is 1. The van der Waals surface area contributed by atoms with Crippen molar-refractivity contribution in [1.29, 1.82) is 0 Å². The molecule has 1 aliphatic rings. The lowest BCUT2D eigenvalue weighted by molar-refractivity contribution is 0.259. The van der Waals surface area contributed by atoms with E-state index in [4.69, 9.17) is 5.11 Å². The molecule has 1 saturated heterocycles. The monoisotopic (exact) mass is 186 g/mol. The molecule has 1 aliphatic heterocycles. The maximum Gasteiger partial charge on any atom is 0.0431 e. The molecule has 1 fully saturated rings. The molecule has 0 aromatic carbocycles. The zero-order chi connectivity index (χ0) is 9.68. The van der Waals surface area contributed by atoms with Gasteiger partial charge in [-0.25, -0.2) is 0 Å². The molecule has 1 heterocycles. The number of nitrogens with one attached hydrogen (secondary N) is 1. The Balaban J connectivity index is 2.29. The third kappa shape index (κ3) is 3.25. The van der Waals surface area contributed by atoms with Gasteiger partial charge in [0.1, 0.15) is 0 Å². The Morgan fingerprint density at radius 1 is 1.62 bits per heavy atom. The van der Waals surface area contributed by atoms with Gasteiger partial charge in [-0.05, 0) is 45.8 Å². The minimum absolute atomic E-state index is 0.320. The van der Waals surface area contributed by atoms with Gasteiger partial charge in [-0.1, -0.05) is 0 Å². The second kappa shape index (κ2) is 5.58. The topological polar surface area (TPSA) is 35.5 Å². The van der Waals surface area contributed by atoms with Crippen LogP contribution in [0.25, 0.3) is 0 Å². The Kier molecular flexibility index (Phi) is 4.70. The number of hydrogen-bond donors (Lipinski definition) is 2. The van der Waals surface area contributed by atoms with Gasteiger partial charge in [0, 0.05) is 19.2 Å². The number of hydrogen-bond acceptors (Lipinski definition) is 3. The fourth-order valence-electron chi connectivity index (χ4n) is 2.22. The summed E-state index contributed by atoms with van der Waals surface area (Å²) >= 11 is 0. The zero-order valence-corrected chi connectivity index (χ0v) is 8.79. The first-order valence-corrected chi connectivity index (χ1v) is 5.24. The van der Waals surface area contributed by atoms with Gasteiger partial charge in [0.05, 0.1) is 0 Å². The minimum Gasteiger partial charge on any atom is -0.396 e. The van der Waals surface area contributed by atoms with Crippen LogP contribution in [0.4, 0.5) is 0 Å². The van der Waals surface area contributed by atoms with Crippen LogP contribution in [0, 0.1) is 5.92 Å². The molecule has 13 heavy (non-hydrogen) atoms. The molecular weight excluding hydrogens is 164 g/mol. The van der Waals surface area contributed by atoms with Crippen LogP contribution in [-0.4, -0.2) is 49.8 Å². The van der Waals surface area contributed by atoms with Crippen molar-refractivity contribution < 1.29 is 5.11 Å². The number of nitrogens with zero attached hydrogens (tertiary/aromatic N) is 1. The van der Waals surface area contributed by atoms with Crippen molar-refractivity contribution >= 4 is 0 Å². The van der Waals surface area contributed by atoms with E-state index in [9.17, 15) is 0 Å². The van der Waals surface area contributed by atoms with E-state index in [2.05, 4.69) is 17.3 Å². The minimum atomic E-state index is 0.320. The van der Waals surface area contributed by atoms with Gasteiger partial charge < -0.3 is 15.3 Å². The zero-order valence-electron chi connectivity index (χ0n) is 8.79. The van der Waals surface area contributed by atoms with Gasteiger partial charge >= 0.3 is 0 Å². The second-order valence-corrected chi connectivity index (χ2v) is 4.07. The van der Waals surface area contributed by atoms with E-state index in [1.165, 1.54) is 19.5 Å². The van der Waals surface area contributed by atoms with E-state index in [0.29, 0.717) is 12.6 Å². The molecule has 1 rings (SSSR count). The summed E-state index contributed by atoms with van der Waals surface area (Å²) in [5.74, 6) is 0.779. The molecule has 0 spiro atoms. The molecule has 78 valence electrons. The summed E-state index contributed by atoms with van der Waals surface area (Å²) in [7, 11) is 4.21. The van der Waals surface area contributed by atoms with E-state index >= 15 is 0 Å². The van der Waals surface area contributed by atoms with Crippen molar-refractivity contribution in [1.82, 2.24) is 10.2 Å². The fourth-order valence-corrected chi connectivity index (χ4v) is 2.22. The van der Waals surface area contributed by atoms with Gasteiger partial charge in [-0.15, -0.1) is 0 Å². The third-order valence-corrected chi connectivity index (χ3v) is 3.04. The van der Waals surface area contributed by atoms with Crippen LogP contribution < -0.4 is 5.32 Å². The van der Waals surface area contributed by atoms with Gasteiger partial charge in [0.15, 0.2) is 0 Å². The predicted octanol–water partition coefficient (Wildman–Crippen LogP) is 0.299. The van der Waals surface area contributed by atoms with Crippen LogP contribution in [0.1, 0.15) is 19.3 Å². The Hall–Kier alpha value is -0.120. The molecule has 0 bridgehead atoms. The number of rotatable bonds is 5. The van der Waals surface area contributed by atoms with Crippen molar-refractivity contribution in [2.45, 2.75) is 25.3 Å². The Bertz CT molecular complexity index is 141. The second-order valence-electron chi connectivity index (χ2n) is 4.07. The standard InChI is InChI=1S/C10H22N2O/c1-11-10(4-3-7-13)9-5-6-12(2)8-9/h9-11,13H,3-8H2,1-2H3. The summed E-state index contributed by atoms with van der Waals surface area (Å²) in [6.45, 7) is 2.75. The number of likely N-dealkylation sites (tertiary alicyclic amines) is 1. The van der Waals surface area contributed by atoms with Crippen LogP contribution in [-0.2, 0) is 0 Å². The molecule has 3 heteroatoms. The molecular formula is C10H22N2O. The first-order chi connectivity index (χ1) is 6.27. The van der Waals surface area contributed by atoms with E-state index in [1.807, 2.05) is 7.05 Å². The molecule has 2 atom stereocenters. The largest absolute Gasteiger partial charge is 0.396 e. The highest BCUT2D eigenvalue weighted by Gasteiger charge is 2.25. The molecule has 0 saturated carbocycles. The highest BCUT2D eigenvalue weighted by Crippen LogP contribution is 2.20. The molecule has 0 aliphatic carbocycles. The lowest BCUT2D eigenvalue weighted by Gasteiger charge is -2.22.